The minimum Gasteiger partial charge on any atom is -0.486 e. The van der Waals surface area contributed by atoms with Crippen LogP contribution in [0.5, 0.6) is 11.5 Å². The molecule has 3 rings (SSSR count). The summed E-state index contributed by atoms with van der Waals surface area (Å²) in [6.45, 7) is 0.319. The van der Waals surface area contributed by atoms with Gasteiger partial charge in [-0.2, -0.15) is 0 Å². The van der Waals surface area contributed by atoms with Crippen LogP contribution in [0, 0.1) is 5.82 Å². The number of hydrogen-bond donors (Lipinski definition) is 0. The highest BCUT2D eigenvalue weighted by molar-refractivity contribution is 5.99. The summed E-state index contributed by atoms with van der Waals surface area (Å²) in [7, 11) is 0. The van der Waals surface area contributed by atoms with E-state index in [1.54, 1.807) is 12.1 Å². The summed E-state index contributed by atoms with van der Waals surface area (Å²) in [4.78, 5) is 23.9. The number of fused-ring (bicyclic) bond motifs is 1. The predicted molar refractivity (Wildman–Crippen MR) is 78.4 cm³/mol. The minimum atomic E-state index is -0.688. The van der Waals surface area contributed by atoms with Crippen LogP contribution < -0.4 is 9.47 Å². The van der Waals surface area contributed by atoms with Gasteiger partial charge in [0.2, 0.25) is 5.78 Å². The van der Waals surface area contributed by atoms with Gasteiger partial charge in [0.15, 0.2) is 18.1 Å². The van der Waals surface area contributed by atoms with E-state index in [-0.39, 0.29) is 11.1 Å². The number of Topliss-reactive ketones (excluding diaryl/α,β-unsaturated/α-hetero) is 1. The number of ether oxygens (including phenoxy) is 3. The molecule has 0 aliphatic carbocycles. The summed E-state index contributed by atoms with van der Waals surface area (Å²) in [5, 5.41) is 0. The number of rotatable bonds is 4. The Morgan fingerprint density at radius 2 is 1.78 bits per heavy atom. The Labute approximate surface area is 131 Å². The van der Waals surface area contributed by atoms with Crippen LogP contribution in [0.1, 0.15) is 20.7 Å². The Kier molecular flexibility index (Phi) is 4.23. The summed E-state index contributed by atoms with van der Waals surface area (Å²) < 4.78 is 29.2. The summed E-state index contributed by atoms with van der Waals surface area (Å²) >= 11 is 0. The number of carbonyl (C=O) groups is 2. The zero-order valence-electron chi connectivity index (χ0n) is 12.1. The second-order valence-corrected chi connectivity index (χ2v) is 4.84. The van der Waals surface area contributed by atoms with Crippen LogP contribution in [-0.4, -0.2) is 31.6 Å². The van der Waals surface area contributed by atoms with Crippen molar-refractivity contribution in [3.8, 4) is 11.5 Å². The van der Waals surface area contributed by atoms with E-state index in [0.717, 1.165) is 0 Å². The number of benzene rings is 2. The molecule has 0 atom stereocenters. The quantitative estimate of drug-likeness (QED) is 0.641. The van der Waals surface area contributed by atoms with Crippen molar-refractivity contribution in [2.75, 3.05) is 19.8 Å². The molecule has 1 aliphatic heterocycles. The first-order valence-electron chi connectivity index (χ1n) is 6.99. The van der Waals surface area contributed by atoms with E-state index in [9.17, 15) is 14.0 Å². The molecule has 0 unspecified atom stereocenters. The Morgan fingerprint density at radius 3 is 2.57 bits per heavy atom. The molecule has 0 fully saturated rings. The summed E-state index contributed by atoms with van der Waals surface area (Å²) in [6, 6.07) is 10.1. The Balaban J connectivity index is 1.66. The van der Waals surface area contributed by atoms with Gasteiger partial charge in [-0.1, -0.05) is 12.1 Å². The fourth-order valence-electron chi connectivity index (χ4n) is 2.15. The highest BCUT2D eigenvalue weighted by Gasteiger charge is 2.18. The molecule has 1 aliphatic rings. The molecule has 23 heavy (non-hydrogen) atoms. The van der Waals surface area contributed by atoms with Gasteiger partial charge < -0.3 is 14.2 Å². The lowest BCUT2D eigenvalue weighted by molar-refractivity contribution is 0.0472. The molecule has 5 nitrogen and oxygen atoms in total. The van der Waals surface area contributed by atoms with Crippen LogP contribution in [-0.2, 0) is 4.74 Å². The predicted octanol–water partition coefficient (Wildman–Crippen LogP) is 2.64. The second-order valence-electron chi connectivity index (χ2n) is 4.84. The van der Waals surface area contributed by atoms with Crippen molar-refractivity contribution in [3.05, 3.63) is 59.4 Å². The van der Waals surface area contributed by atoms with Crippen LogP contribution in [0.2, 0.25) is 0 Å². The highest BCUT2D eigenvalue weighted by Crippen LogP contribution is 2.30. The fourth-order valence-corrected chi connectivity index (χ4v) is 2.15. The van der Waals surface area contributed by atoms with E-state index in [2.05, 4.69) is 0 Å². The van der Waals surface area contributed by atoms with Gasteiger partial charge in [-0.25, -0.2) is 9.18 Å². The molecule has 0 spiro atoms. The SMILES string of the molecule is O=C(OCC(=O)c1ccccc1F)c1ccc2c(c1)OCCO2. The van der Waals surface area contributed by atoms with Gasteiger partial charge in [0.25, 0.3) is 0 Å². The zero-order chi connectivity index (χ0) is 16.2. The first-order valence-corrected chi connectivity index (χ1v) is 6.99. The van der Waals surface area contributed by atoms with Crippen molar-refractivity contribution in [2.24, 2.45) is 0 Å². The molecule has 2 aromatic rings. The maximum absolute atomic E-state index is 13.5. The summed E-state index contributed by atoms with van der Waals surface area (Å²) in [5.41, 5.74) is 0.123. The minimum absolute atomic E-state index is 0.109. The lowest BCUT2D eigenvalue weighted by Crippen LogP contribution is -2.17. The van der Waals surface area contributed by atoms with E-state index >= 15 is 0 Å². The second kappa shape index (κ2) is 6.48. The molecule has 0 bridgehead atoms. The largest absolute Gasteiger partial charge is 0.486 e. The highest BCUT2D eigenvalue weighted by atomic mass is 19.1. The zero-order valence-corrected chi connectivity index (χ0v) is 12.1. The Morgan fingerprint density at radius 1 is 1.04 bits per heavy atom. The number of carbonyl (C=O) groups excluding carboxylic acids is 2. The number of esters is 1. The van der Waals surface area contributed by atoms with Crippen molar-refractivity contribution >= 4 is 11.8 Å². The molecular formula is C17H13FO5. The maximum Gasteiger partial charge on any atom is 0.338 e. The lowest BCUT2D eigenvalue weighted by Gasteiger charge is -2.18. The third-order valence-corrected chi connectivity index (χ3v) is 3.29. The van der Waals surface area contributed by atoms with Crippen molar-refractivity contribution in [1.82, 2.24) is 0 Å². The molecule has 0 N–H and O–H groups in total. The Bertz CT molecular complexity index is 756. The standard InChI is InChI=1S/C17H13FO5/c18-13-4-2-1-3-12(13)14(19)10-23-17(20)11-5-6-15-16(9-11)22-8-7-21-15/h1-6,9H,7-8,10H2. The van der Waals surface area contributed by atoms with Crippen LogP contribution >= 0.6 is 0 Å². The summed E-state index contributed by atoms with van der Waals surface area (Å²) in [6.07, 6.45) is 0. The van der Waals surface area contributed by atoms with Crippen LogP contribution in [0.15, 0.2) is 42.5 Å². The van der Waals surface area contributed by atoms with Gasteiger partial charge >= 0.3 is 5.97 Å². The lowest BCUT2D eigenvalue weighted by atomic mass is 10.1. The van der Waals surface area contributed by atoms with Crippen LogP contribution in [0.3, 0.4) is 0 Å². The maximum atomic E-state index is 13.5. The topological polar surface area (TPSA) is 61.8 Å². The molecular weight excluding hydrogens is 303 g/mol. The van der Waals surface area contributed by atoms with Gasteiger partial charge in [-0.05, 0) is 30.3 Å². The normalized spacial score (nSPS) is 12.6. The van der Waals surface area contributed by atoms with Gasteiger partial charge in [0.1, 0.15) is 19.0 Å². The molecule has 0 saturated carbocycles. The molecule has 0 aromatic heterocycles. The van der Waals surface area contributed by atoms with Crippen molar-refractivity contribution in [2.45, 2.75) is 0 Å². The third kappa shape index (κ3) is 3.31. The van der Waals surface area contributed by atoms with Crippen molar-refractivity contribution in [1.29, 1.82) is 0 Å². The molecule has 6 heteroatoms. The van der Waals surface area contributed by atoms with Gasteiger partial charge in [0, 0.05) is 0 Å². The van der Waals surface area contributed by atoms with E-state index < -0.39 is 24.2 Å². The molecule has 0 radical (unpaired) electrons. The summed E-state index contributed by atoms with van der Waals surface area (Å²) in [5.74, 6) is -0.935. The first-order chi connectivity index (χ1) is 11.1. The van der Waals surface area contributed by atoms with E-state index in [0.29, 0.717) is 24.7 Å². The monoisotopic (exact) mass is 316 g/mol. The van der Waals surface area contributed by atoms with E-state index in [4.69, 9.17) is 14.2 Å². The molecule has 0 amide bonds. The van der Waals surface area contributed by atoms with Crippen molar-refractivity contribution in [3.63, 3.8) is 0 Å². The van der Waals surface area contributed by atoms with Crippen molar-refractivity contribution < 1.29 is 28.2 Å². The molecule has 118 valence electrons. The molecule has 1 heterocycles. The van der Waals surface area contributed by atoms with Crippen LogP contribution in [0.4, 0.5) is 4.39 Å². The first kappa shape index (κ1) is 15.0. The molecule has 0 saturated heterocycles. The number of ketones is 1. The van der Waals surface area contributed by atoms with E-state index in [1.165, 1.54) is 30.3 Å². The smallest absolute Gasteiger partial charge is 0.338 e. The Hall–Kier alpha value is -2.89. The van der Waals surface area contributed by atoms with E-state index in [1.807, 2.05) is 0 Å². The third-order valence-electron chi connectivity index (χ3n) is 3.29. The van der Waals surface area contributed by atoms with Crippen LogP contribution in [0.25, 0.3) is 0 Å². The average Bonchev–Trinajstić information content (AvgIpc) is 2.59. The molecule has 2 aromatic carbocycles. The number of hydrogen-bond acceptors (Lipinski definition) is 5. The van der Waals surface area contributed by atoms with Gasteiger partial charge in [0.05, 0.1) is 11.1 Å². The average molecular weight is 316 g/mol. The van der Waals surface area contributed by atoms with Gasteiger partial charge in [-0.3, -0.25) is 4.79 Å². The fraction of sp³-hybridized carbons (Fsp3) is 0.176. The van der Waals surface area contributed by atoms with Gasteiger partial charge in [-0.15, -0.1) is 0 Å². The number of halogens is 1.